The molecule has 3 heterocycles. The van der Waals surface area contributed by atoms with E-state index in [-0.39, 0.29) is 5.91 Å². The Labute approximate surface area is 166 Å². The van der Waals surface area contributed by atoms with Crippen molar-refractivity contribution in [3.63, 3.8) is 0 Å². The summed E-state index contributed by atoms with van der Waals surface area (Å²) in [6.07, 6.45) is 1.71. The second-order valence-electron chi connectivity index (χ2n) is 7.65. The van der Waals surface area contributed by atoms with Crippen molar-refractivity contribution in [1.29, 1.82) is 0 Å². The maximum atomic E-state index is 13.0. The average Bonchev–Trinajstić information content (AvgIpc) is 2.74. The Morgan fingerprint density at radius 1 is 0.929 bits per heavy atom. The van der Waals surface area contributed by atoms with Gasteiger partial charge in [0, 0.05) is 64.2 Å². The summed E-state index contributed by atoms with van der Waals surface area (Å²) in [5.74, 6) is 0.666. The minimum atomic E-state index is 0.00155. The first-order valence-electron chi connectivity index (χ1n) is 9.97. The third-order valence-electron chi connectivity index (χ3n) is 5.58. The SMILES string of the molecule is Cc1cccc(N2CCN(C(=O)c3ccnc(N4CCN(C)CC4)n3)CC2)c1. The van der Waals surface area contributed by atoms with Crippen LogP contribution >= 0.6 is 0 Å². The zero-order chi connectivity index (χ0) is 19.5. The van der Waals surface area contributed by atoms with Crippen molar-refractivity contribution in [3.8, 4) is 0 Å². The molecule has 0 atom stereocenters. The third-order valence-corrected chi connectivity index (χ3v) is 5.58. The summed E-state index contributed by atoms with van der Waals surface area (Å²) in [5, 5.41) is 0. The van der Waals surface area contributed by atoms with Gasteiger partial charge >= 0.3 is 0 Å². The monoisotopic (exact) mass is 380 g/mol. The van der Waals surface area contributed by atoms with E-state index in [4.69, 9.17) is 0 Å². The molecular formula is C21H28N6O. The lowest BCUT2D eigenvalue weighted by molar-refractivity contribution is 0.0740. The molecule has 1 aromatic heterocycles. The largest absolute Gasteiger partial charge is 0.368 e. The highest BCUT2D eigenvalue weighted by Gasteiger charge is 2.24. The summed E-state index contributed by atoms with van der Waals surface area (Å²) in [4.78, 5) is 30.6. The Kier molecular flexibility index (Phi) is 5.43. The number of hydrogen-bond acceptors (Lipinski definition) is 6. The molecule has 2 aliphatic heterocycles. The van der Waals surface area contributed by atoms with Crippen LogP contribution in [0.15, 0.2) is 36.5 Å². The molecule has 0 spiro atoms. The molecule has 7 nitrogen and oxygen atoms in total. The van der Waals surface area contributed by atoms with Gasteiger partial charge in [-0.3, -0.25) is 4.79 Å². The highest BCUT2D eigenvalue weighted by atomic mass is 16.2. The molecule has 2 saturated heterocycles. The minimum absolute atomic E-state index is 0.00155. The molecule has 148 valence electrons. The van der Waals surface area contributed by atoms with E-state index in [1.807, 2.05) is 4.90 Å². The van der Waals surface area contributed by atoms with Crippen LogP contribution in [0.5, 0.6) is 0 Å². The first-order valence-corrected chi connectivity index (χ1v) is 9.97. The number of benzene rings is 1. The minimum Gasteiger partial charge on any atom is -0.368 e. The molecule has 1 aromatic carbocycles. The molecule has 2 aliphatic rings. The van der Waals surface area contributed by atoms with Crippen LogP contribution in [0.2, 0.25) is 0 Å². The van der Waals surface area contributed by atoms with Gasteiger partial charge in [0.2, 0.25) is 5.95 Å². The first kappa shape index (κ1) is 18.7. The second kappa shape index (κ2) is 8.14. The lowest BCUT2D eigenvalue weighted by Crippen LogP contribution is -2.49. The number of amides is 1. The third kappa shape index (κ3) is 4.09. The van der Waals surface area contributed by atoms with E-state index < -0.39 is 0 Å². The fourth-order valence-electron chi connectivity index (χ4n) is 3.78. The smallest absolute Gasteiger partial charge is 0.272 e. The number of carbonyl (C=O) groups excluding carboxylic acids is 1. The highest BCUT2D eigenvalue weighted by Crippen LogP contribution is 2.19. The molecule has 0 bridgehead atoms. The number of likely N-dealkylation sites (N-methyl/N-ethyl adjacent to an activating group) is 1. The van der Waals surface area contributed by atoms with E-state index in [0.717, 1.165) is 39.3 Å². The Balaban J connectivity index is 1.39. The van der Waals surface area contributed by atoms with E-state index in [9.17, 15) is 4.79 Å². The summed E-state index contributed by atoms with van der Waals surface area (Å²) < 4.78 is 0. The zero-order valence-electron chi connectivity index (χ0n) is 16.7. The topological polar surface area (TPSA) is 55.8 Å². The lowest BCUT2D eigenvalue weighted by atomic mass is 10.2. The average molecular weight is 380 g/mol. The molecule has 0 saturated carbocycles. The van der Waals surface area contributed by atoms with Gasteiger partial charge < -0.3 is 19.6 Å². The van der Waals surface area contributed by atoms with Gasteiger partial charge in [-0.1, -0.05) is 12.1 Å². The quantitative estimate of drug-likeness (QED) is 0.804. The fraction of sp³-hybridized carbons (Fsp3) is 0.476. The van der Waals surface area contributed by atoms with Gasteiger partial charge in [-0.2, -0.15) is 0 Å². The molecule has 2 fully saturated rings. The van der Waals surface area contributed by atoms with E-state index in [0.29, 0.717) is 24.7 Å². The van der Waals surface area contributed by atoms with Gasteiger partial charge in [-0.25, -0.2) is 9.97 Å². The maximum absolute atomic E-state index is 13.0. The number of aryl methyl sites for hydroxylation is 1. The van der Waals surface area contributed by atoms with E-state index >= 15 is 0 Å². The predicted molar refractivity (Wildman–Crippen MR) is 111 cm³/mol. The van der Waals surface area contributed by atoms with Gasteiger partial charge in [0.25, 0.3) is 5.91 Å². The van der Waals surface area contributed by atoms with Crippen molar-refractivity contribution in [3.05, 3.63) is 47.8 Å². The molecular weight excluding hydrogens is 352 g/mol. The molecule has 0 radical (unpaired) electrons. The first-order chi connectivity index (χ1) is 13.6. The van der Waals surface area contributed by atoms with Crippen molar-refractivity contribution in [1.82, 2.24) is 19.8 Å². The number of rotatable bonds is 3. The van der Waals surface area contributed by atoms with Crippen LogP contribution < -0.4 is 9.80 Å². The van der Waals surface area contributed by atoms with Gasteiger partial charge in [-0.15, -0.1) is 0 Å². The number of carbonyl (C=O) groups is 1. The van der Waals surface area contributed by atoms with Crippen LogP contribution in [-0.4, -0.2) is 85.1 Å². The van der Waals surface area contributed by atoms with Crippen molar-refractivity contribution in [2.75, 3.05) is 69.2 Å². The van der Waals surface area contributed by atoms with Crippen molar-refractivity contribution < 1.29 is 4.79 Å². The van der Waals surface area contributed by atoms with Gasteiger partial charge in [0.1, 0.15) is 5.69 Å². The Morgan fingerprint density at radius 3 is 2.36 bits per heavy atom. The second-order valence-corrected chi connectivity index (χ2v) is 7.65. The summed E-state index contributed by atoms with van der Waals surface area (Å²) in [6.45, 7) is 8.96. The summed E-state index contributed by atoms with van der Waals surface area (Å²) in [6, 6.07) is 10.3. The van der Waals surface area contributed by atoms with Crippen LogP contribution in [-0.2, 0) is 0 Å². The molecule has 7 heteroatoms. The van der Waals surface area contributed by atoms with E-state index in [2.05, 4.69) is 62.9 Å². The highest BCUT2D eigenvalue weighted by molar-refractivity contribution is 5.92. The maximum Gasteiger partial charge on any atom is 0.272 e. The molecule has 28 heavy (non-hydrogen) atoms. The van der Waals surface area contributed by atoms with Gasteiger partial charge in [0.05, 0.1) is 0 Å². The number of nitrogens with zero attached hydrogens (tertiary/aromatic N) is 6. The summed E-state index contributed by atoms with van der Waals surface area (Å²) in [7, 11) is 2.12. The van der Waals surface area contributed by atoms with Crippen LogP contribution in [0.4, 0.5) is 11.6 Å². The molecule has 2 aromatic rings. The summed E-state index contributed by atoms with van der Waals surface area (Å²) >= 11 is 0. The Morgan fingerprint density at radius 2 is 1.64 bits per heavy atom. The number of aromatic nitrogens is 2. The number of piperazine rings is 2. The molecule has 0 aliphatic carbocycles. The standard InChI is InChI=1S/C21H28N6O/c1-17-4-3-5-18(16-17)25-12-14-26(15-13-25)20(28)19-6-7-22-21(23-19)27-10-8-24(2)9-11-27/h3-7,16H,8-15H2,1-2H3. The van der Waals surface area contributed by atoms with Crippen LogP contribution in [0, 0.1) is 6.92 Å². The number of anilines is 2. The van der Waals surface area contributed by atoms with Crippen LogP contribution in [0.3, 0.4) is 0 Å². The van der Waals surface area contributed by atoms with Gasteiger partial charge in [0.15, 0.2) is 0 Å². The van der Waals surface area contributed by atoms with Gasteiger partial charge in [-0.05, 0) is 37.7 Å². The van der Waals surface area contributed by atoms with Crippen molar-refractivity contribution >= 4 is 17.5 Å². The Bertz CT molecular complexity index is 825. The van der Waals surface area contributed by atoms with Crippen molar-refractivity contribution in [2.24, 2.45) is 0 Å². The van der Waals surface area contributed by atoms with E-state index in [1.165, 1.54) is 11.3 Å². The normalized spacial score (nSPS) is 18.4. The predicted octanol–water partition coefficient (Wildman–Crippen LogP) is 1.50. The summed E-state index contributed by atoms with van der Waals surface area (Å²) in [5.41, 5.74) is 2.98. The van der Waals surface area contributed by atoms with E-state index in [1.54, 1.807) is 12.3 Å². The zero-order valence-corrected chi connectivity index (χ0v) is 16.7. The van der Waals surface area contributed by atoms with Crippen molar-refractivity contribution in [2.45, 2.75) is 6.92 Å². The number of hydrogen-bond donors (Lipinski definition) is 0. The molecule has 1 amide bonds. The van der Waals surface area contributed by atoms with Crippen LogP contribution in [0.1, 0.15) is 16.1 Å². The fourth-order valence-corrected chi connectivity index (χ4v) is 3.78. The molecule has 4 rings (SSSR count). The molecule has 0 unspecified atom stereocenters. The molecule has 0 N–H and O–H groups in total. The van der Waals surface area contributed by atoms with Crippen LogP contribution in [0.25, 0.3) is 0 Å². The lowest BCUT2D eigenvalue weighted by Gasteiger charge is -2.36. The Hall–Kier alpha value is -2.67.